The number of carbonyl (C=O) groups is 2. The highest BCUT2D eigenvalue weighted by Crippen LogP contribution is 1.80. The van der Waals surface area contributed by atoms with Crippen LogP contribution in [0.1, 0.15) is 6.92 Å². The quantitative estimate of drug-likeness (QED) is 0.451. The first kappa shape index (κ1) is 12.9. The summed E-state index contributed by atoms with van der Waals surface area (Å²) in [6.07, 6.45) is 0. The molecule has 0 saturated carbocycles. The summed E-state index contributed by atoms with van der Waals surface area (Å²) >= 11 is 0. The number of nitrogens with zero attached hydrogens (tertiary/aromatic N) is 2. The molecule has 0 aromatic carbocycles. The zero-order valence-electron chi connectivity index (χ0n) is 6.39. The molecule has 0 bridgehead atoms. The number of hydrogen-bond donors (Lipinski definition) is 3. The summed E-state index contributed by atoms with van der Waals surface area (Å²) in [5, 5.41) is 30.6. The van der Waals surface area contributed by atoms with Crippen molar-refractivity contribution in [2.45, 2.75) is 13.0 Å². The van der Waals surface area contributed by atoms with Crippen molar-refractivity contribution in [1.29, 1.82) is 10.8 Å². The Kier molecular flexibility index (Phi) is 8.02. The number of carboxylic acids is 1. The fourth-order valence-electron chi connectivity index (χ4n) is 0.431. The molecule has 0 aliphatic heterocycles. The normalized spacial score (nSPS) is 10.3. The predicted molar refractivity (Wildman–Crippen MR) is 35.8 cm³/mol. The second-order valence-corrected chi connectivity index (χ2v) is 1.77. The zero-order chi connectivity index (χ0) is 10.1. The van der Waals surface area contributed by atoms with E-state index in [-0.39, 0.29) is 0 Å². The summed E-state index contributed by atoms with van der Waals surface area (Å²) in [6, 6.07) is -1.18. The molecule has 0 rings (SSSR count). The maximum atomic E-state index is 10.2. The molecule has 7 heteroatoms. The van der Waals surface area contributed by atoms with Crippen LogP contribution in [0.3, 0.4) is 0 Å². The van der Waals surface area contributed by atoms with Gasteiger partial charge in [0, 0.05) is 17.7 Å². The van der Waals surface area contributed by atoms with E-state index in [1.807, 2.05) is 5.32 Å². The van der Waals surface area contributed by atoms with Crippen LogP contribution in [0.4, 0.5) is 0 Å². The Morgan fingerprint density at radius 1 is 1.50 bits per heavy atom. The highest BCUT2D eigenvalue weighted by molar-refractivity contribution is 5.82. The van der Waals surface area contributed by atoms with Gasteiger partial charge in [0.2, 0.25) is 5.91 Å². The molecular formula is C5H9N3O4. The maximum Gasteiger partial charge on any atom is 0.328 e. The van der Waals surface area contributed by atoms with Crippen LogP contribution in [0.5, 0.6) is 0 Å². The molecule has 7 nitrogen and oxygen atoms in total. The minimum atomic E-state index is -1.24. The van der Waals surface area contributed by atoms with Crippen LogP contribution in [0, 0.1) is 10.8 Å². The molecule has 1 unspecified atom stereocenters. The average Bonchev–Trinajstić information content (AvgIpc) is 2.03. The lowest BCUT2D eigenvalue weighted by Gasteiger charge is -2.08. The summed E-state index contributed by atoms with van der Waals surface area (Å²) < 4.78 is 0. The number of nitrogens with one attached hydrogen (secondary N) is 1. The van der Waals surface area contributed by atoms with Gasteiger partial charge in [-0.3, -0.25) is 4.79 Å². The van der Waals surface area contributed by atoms with Gasteiger partial charge in [-0.15, -0.1) is 0 Å². The van der Waals surface area contributed by atoms with E-state index in [1.165, 1.54) is 6.92 Å². The summed E-state index contributed by atoms with van der Waals surface area (Å²) in [5.41, 5.74) is 0. The van der Waals surface area contributed by atoms with Gasteiger partial charge in [0.05, 0.1) is 6.61 Å². The number of carbonyl (C=O) groups excluding carboxylic acids is 1. The standard InChI is InChI=1S/C5H9NO4.N2/c1-3(8)6-4(2-7)5(9)10;1-2/h4,7H,2H2,1H3,(H,6,8)(H,9,10);. The van der Waals surface area contributed by atoms with Crippen molar-refractivity contribution in [2.24, 2.45) is 0 Å². The van der Waals surface area contributed by atoms with Crippen LogP contribution in [0.2, 0.25) is 0 Å². The van der Waals surface area contributed by atoms with Crippen LogP contribution in [-0.4, -0.2) is 34.7 Å². The first-order chi connectivity index (χ1) is 5.57. The van der Waals surface area contributed by atoms with E-state index in [0.717, 1.165) is 0 Å². The lowest BCUT2D eigenvalue weighted by molar-refractivity contribution is -0.142. The van der Waals surface area contributed by atoms with Crippen molar-refractivity contribution in [1.82, 2.24) is 5.32 Å². The average molecular weight is 175 g/mol. The first-order valence-electron chi connectivity index (χ1n) is 2.88. The molecule has 0 aromatic rings. The maximum absolute atomic E-state index is 10.2. The largest absolute Gasteiger partial charge is 0.480 e. The van der Waals surface area contributed by atoms with Gasteiger partial charge in [0.15, 0.2) is 0 Å². The van der Waals surface area contributed by atoms with Crippen LogP contribution in [0.15, 0.2) is 0 Å². The number of aliphatic hydroxyl groups is 1. The Labute approximate surface area is 68.4 Å². The number of hydrogen-bond acceptors (Lipinski definition) is 5. The fourth-order valence-corrected chi connectivity index (χ4v) is 0.431. The van der Waals surface area contributed by atoms with Gasteiger partial charge in [-0.2, -0.15) is 0 Å². The molecule has 0 saturated heterocycles. The third-order valence-electron chi connectivity index (χ3n) is 0.858. The molecule has 3 N–H and O–H groups in total. The summed E-state index contributed by atoms with van der Waals surface area (Å²) in [7, 11) is 0. The van der Waals surface area contributed by atoms with E-state index in [4.69, 9.17) is 21.0 Å². The zero-order valence-corrected chi connectivity index (χ0v) is 6.39. The van der Waals surface area contributed by atoms with Gasteiger partial charge in [0.1, 0.15) is 6.04 Å². The molecule has 1 atom stereocenters. The molecule has 0 aromatic heterocycles. The Morgan fingerprint density at radius 2 is 1.92 bits per heavy atom. The molecule has 0 spiro atoms. The SMILES string of the molecule is CC(=O)NC(CO)C(=O)O.N#N. The van der Waals surface area contributed by atoms with Gasteiger partial charge in [-0.05, 0) is 0 Å². The van der Waals surface area contributed by atoms with Crippen molar-refractivity contribution in [3.8, 4) is 0 Å². The Morgan fingerprint density at radius 3 is 2.00 bits per heavy atom. The van der Waals surface area contributed by atoms with Gasteiger partial charge < -0.3 is 15.5 Å². The van der Waals surface area contributed by atoms with Crippen molar-refractivity contribution in [2.75, 3.05) is 6.61 Å². The lowest BCUT2D eigenvalue weighted by Crippen LogP contribution is -2.42. The number of carboxylic acid groups (broad SMARTS) is 1. The molecule has 0 aliphatic rings. The monoisotopic (exact) mass is 175 g/mol. The summed E-state index contributed by atoms with van der Waals surface area (Å²) in [5.74, 6) is -1.71. The van der Waals surface area contributed by atoms with E-state index in [0.29, 0.717) is 0 Å². The van der Waals surface area contributed by atoms with Crippen molar-refractivity contribution >= 4 is 11.9 Å². The second kappa shape index (κ2) is 7.43. The third-order valence-corrected chi connectivity index (χ3v) is 0.858. The highest BCUT2D eigenvalue weighted by Gasteiger charge is 2.15. The lowest BCUT2D eigenvalue weighted by atomic mass is 10.3. The molecule has 0 aliphatic carbocycles. The van der Waals surface area contributed by atoms with Crippen molar-refractivity contribution in [3.63, 3.8) is 0 Å². The van der Waals surface area contributed by atoms with Gasteiger partial charge >= 0.3 is 5.97 Å². The molecule has 1 amide bonds. The van der Waals surface area contributed by atoms with Crippen LogP contribution >= 0.6 is 0 Å². The van der Waals surface area contributed by atoms with E-state index in [1.54, 1.807) is 0 Å². The fraction of sp³-hybridized carbons (Fsp3) is 0.600. The Balaban J connectivity index is 0. The third kappa shape index (κ3) is 6.44. The molecule has 68 valence electrons. The van der Waals surface area contributed by atoms with Crippen molar-refractivity contribution in [3.05, 3.63) is 0 Å². The predicted octanol–water partition coefficient (Wildman–Crippen LogP) is -1.40. The minimum absolute atomic E-state index is 0.471. The Hall–Kier alpha value is -1.68. The second-order valence-electron chi connectivity index (χ2n) is 1.77. The van der Waals surface area contributed by atoms with Gasteiger partial charge in [0.25, 0.3) is 0 Å². The highest BCUT2D eigenvalue weighted by atomic mass is 16.4. The molecule has 0 radical (unpaired) electrons. The number of rotatable bonds is 3. The minimum Gasteiger partial charge on any atom is -0.480 e. The number of aliphatic hydroxyl groups excluding tert-OH is 1. The van der Waals surface area contributed by atoms with E-state index >= 15 is 0 Å². The van der Waals surface area contributed by atoms with E-state index in [2.05, 4.69) is 0 Å². The topological polar surface area (TPSA) is 134 Å². The van der Waals surface area contributed by atoms with Crippen LogP contribution in [0.25, 0.3) is 0 Å². The molecule has 0 fully saturated rings. The van der Waals surface area contributed by atoms with Crippen LogP contribution < -0.4 is 5.32 Å². The molecular weight excluding hydrogens is 166 g/mol. The molecule has 0 heterocycles. The first-order valence-corrected chi connectivity index (χ1v) is 2.88. The van der Waals surface area contributed by atoms with E-state index in [9.17, 15) is 9.59 Å². The summed E-state index contributed by atoms with van der Waals surface area (Å²) in [6.45, 7) is 0.598. The Bertz CT molecular complexity index is 179. The number of amides is 1. The van der Waals surface area contributed by atoms with Gasteiger partial charge in [-0.1, -0.05) is 0 Å². The van der Waals surface area contributed by atoms with E-state index < -0.39 is 24.5 Å². The smallest absolute Gasteiger partial charge is 0.328 e. The molecule has 12 heavy (non-hydrogen) atoms. The van der Waals surface area contributed by atoms with Gasteiger partial charge in [-0.25, -0.2) is 4.79 Å². The van der Waals surface area contributed by atoms with Crippen molar-refractivity contribution < 1.29 is 19.8 Å². The van der Waals surface area contributed by atoms with Crippen LogP contribution in [-0.2, 0) is 9.59 Å². The number of aliphatic carboxylic acids is 1. The summed E-state index contributed by atoms with van der Waals surface area (Å²) in [4.78, 5) is 20.3.